The molecule has 0 radical (unpaired) electrons. The smallest absolute Gasteiger partial charge is 0.274 e. The molecule has 0 spiro atoms. The van der Waals surface area contributed by atoms with E-state index < -0.39 is 29.2 Å². The summed E-state index contributed by atoms with van der Waals surface area (Å²) in [5.41, 5.74) is 5.71. The first-order valence-corrected chi connectivity index (χ1v) is 12.7. The summed E-state index contributed by atoms with van der Waals surface area (Å²) in [5.74, 6) is -1.99. The number of nitrogens with one attached hydrogen (secondary N) is 1. The molecule has 1 aromatic carbocycles. The minimum absolute atomic E-state index is 0.0213. The van der Waals surface area contributed by atoms with Gasteiger partial charge in [0, 0.05) is 30.3 Å². The molecule has 12 heteroatoms. The number of aromatic nitrogens is 2. The molecule has 0 saturated heterocycles. The minimum Gasteiger partial charge on any atom is -0.479 e. The standard InChI is InChI=1S/C26H27F2N5O4S/c1-13-7-16(37-14(2)23-30-5-6-36-23)11-31-21(13)22(34)32-15-8-17(20(28)18(27)9-15)25(3)19-10-26(19,12-35-4)38-24(29)33-25/h5-9,11,14,19H,10,12H2,1-4H3,(H2,29,33)(H,32,34)/t14-,19+,25+,26-/m1/s1. The number of hydrogen-bond donors (Lipinski definition) is 2. The third-order valence-corrected chi connectivity index (χ3v) is 8.23. The molecule has 1 saturated carbocycles. The number of oxazole rings is 1. The molecule has 4 atom stereocenters. The van der Waals surface area contributed by atoms with Crippen molar-refractivity contribution < 1.29 is 27.5 Å². The second-order valence-electron chi connectivity index (χ2n) is 9.69. The normalized spacial score (nSPS) is 24.8. The predicted octanol–water partition coefficient (Wildman–Crippen LogP) is 4.73. The number of carbonyl (C=O) groups is 1. The van der Waals surface area contributed by atoms with Crippen molar-refractivity contribution in [2.45, 2.75) is 43.6 Å². The van der Waals surface area contributed by atoms with Crippen LogP contribution in [0.2, 0.25) is 0 Å². The predicted molar refractivity (Wildman–Crippen MR) is 138 cm³/mol. The van der Waals surface area contributed by atoms with Crippen LogP contribution in [-0.2, 0) is 10.3 Å². The number of halogens is 2. The summed E-state index contributed by atoms with van der Waals surface area (Å²) in [4.78, 5) is 25.9. The van der Waals surface area contributed by atoms with Gasteiger partial charge in [-0.3, -0.25) is 9.79 Å². The summed E-state index contributed by atoms with van der Waals surface area (Å²) in [6, 6.07) is 3.99. The number of aliphatic imine (C=N–C) groups is 1. The number of hydrogen-bond acceptors (Lipinski definition) is 9. The molecule has 38 heavy (non-hydrogen) atoms. The highest BCUT2D eigenvalue weighted by atomic mass is 32.2. The molecule has 0 bridgehead atoms. The Morgan fingerprint density at radius 2 is 2.13 bits per heavy atom. The average molecular weight is 544 g/mol. The fourth-order valence-corrected chi connectivity index (χ4v) is 6.54. The number of ether oxygens (including phenoxy) is 2. The van der Waals surface area contributed by atoms with Crippen molar-refractivity contribution in [2.75, 3.05) is 19.0 Å². The van der Waals surface area contributed by atoms with Gasteiger partial charge in [0.25, 0.3) is 5.91 Å². The largest absolute Gasteiger partial charge is 0.479 e. The number of amidine groups is 1. The van der Waals surface area contributed by atoms with Crippen LogP contribution in [0.3, 0.4) is 0 Å². The zero-order valence-corrected chi connectivity index (χ0v) is 22.1. The number of nitrogens with zero attached hydrogens (tertiary/aromatic N) is 3. The van der Waals surface area contributed by atoms with Gasteiger partial charge in [-0.15, -0.1) is 0 Å². The minimum atomic E-state index is -1.12. The second kappa shape index (κ2) is 9.66. The third-order valence-electron chi connectivity index (χ3n) is 6.95. The van der Waals surface area contributed by atoms with Crippen LogP contribution in [0, 0.1) is 24.5 Å². The first kappa shape index (κ1) is 26.1. The molecule has 3 N–H and O–H groups in total. The van der Waals surface area contributed by atoms with Crippen molar-refractivity contribution >= 4 is 28.5 Å². The summed E-state index contributed by atoms with van der Waals surface area (Å²) in [6.07, 6.45) is 4.60. The molecule has 200 valence electrons. The van der Waals surface area contributed by atoms with Gasteiger partial charge in [-0.1, -0.05) is 11.8 Å². The van der Waals surface area contributed by atoms with E-state index in [1.54, 1.807) is 33.9 Å². The topological polar surface area (TPSA) is 125 Å². The maximum Gasteiger partial charge on any atom is 0.274 e. The number of anilines is 1. The Bertz CT molecular complexity index is 1420. The van der Waals surface area contributed by atoms with Crippen molar-refractivity contribution in [2.24, 2.45) is 16.6 Å². The lowest BCUT2D eigenvalue weighted by Gasteiger charge is -2.34. The van der Waals surface area contributed by atoms with Crippen molar-refractivity contribution in [1.29, 1.82) is 0 Å². The molecule has 2 aromatic heterocycles. The maximum absolute atomic E-state index is 15.1. The van der Waals surface area contributed by atoms with Crippen LogP contribution in [0.1, 0.15) is 53.9 Å². The monoisotopic (exact) mass is 543 g/mol. The molecule has 1 amide bonds. The van der Waals surface area contributed by atoms with E-state index in [4.69, 9.17) is 19.6 Å². The molecule has 5 rings (SSSR count). The maximum atomic E-state index is 15.1. The van der Waals surface area contributed by atoms with Gasteiger partial charge in [-0.2, -0.15) is 0 Å². The summed E-state index contributed by atoms with van der Waals surface area (Å²) >= 11 is 1.40. The summed E-state index contributed by atoms with van der Waals surface area (Å²) < 4.78 is 46.0. The van der Waals surface area contributed by atoms with Gasteiger partial charge in [0.05, 0.1) is 29.3 Å². The number of pyridine rings is 1. The Labute approximate surface area is 222 Å². The molecular weight excluding hydrogens is 516 g/mol. The highest BCUT2D eigenvalue weighted by molar-refractivity contribution is 8.15. The Balaban J connectivity index is 1.38. The van der Waals surface area contributed by atoms with Crippen LogP contribution in [0.15, 0.2) is 46.3 Å². The van der Waals surface area contributed by atoms with Crippen molar-refractivity contribution in [3.8, 4) is 5.75 Å². The van der Waals surface area contributed by atoms with E-state index in [-0.39, 0.29) is 32.8 Å². The summed E-state index contributed by atoms with van der Waals surface area (Å²) in [7, 11) is 1.59. The number of thioether (sulfide) groups is 1. The molecular formula is C26H27F2N5O4S. The zero-order valence-electron chi connectivity index (χ0n) is 21.2. The van der Waals surface area contributed by atoms with E-state index in [9.17, 15) is 9.18 Å². The number of fused-ring (bicyclic) bond motifs is 1. The van der Waals surface area contributed by atoms with Crippen LogP contribution < -0.4 is 15.8 Å². The van der Waals surface area contributed by atoms with Gasteiger partial charge < -0.3 is 24.9 Å². The zero-order chi connectivity index (χ0) is 27.2. The molecule has 3 heterocycles. The fraction of sp³-hybridized carbons (Fsp3) is 0.385. The number of methoxy groups -OCH3 is 1. The summed E-state index contributed by atoms with van der Waals surface area (Å²) in [6.45, 7) is 5.61. The molecule has 1 aliphatic carbocycles. The SMILES string of the molecule is COC[C@]12C[C@H]1[C@](C)(c1cc(NC(=O)c3ncc(O[C@H](C)c4ncco4)cc3C)cc(F)c1F)N=C(N)S2. The van der Waals surface area contributed by atoms with E-state index in [1.165, 1.54) is 36.5 Å². The summed E-state index contributed by atoms with van der Waals surface area (Å²) in [5, 5.41) is 2.92. The molecule has 1 fully saturated rings. The second-order valence-corrected chi connectivity index (χ2v) is 11.1. The molecule has 2 aliphatic rings. The van der Waals surface area contributed by atoms with Gasteiger partial charge in [0.2, 0.25) is 5.89 Å². The van der Waals surface area contributed by atoms with E-state index >= 15 is 4.39 Å². The lowest BCUT2D eigenvalue weighted by molar-refractivity contribution is 0.102. The molecule has 1 aliphatic heterocycles. The van der Waals surface area contributed by atoms with Gasteiger partial charge in [-0.25, -0.2) is 18.7 Å². The van der Waals surface area contributed by atoms with Crippen molar-refractivity contribution in [1.82, 2.24) is 9.97 Å². The lowest BCUT2D eigenvalue weighted by atomic mass is 9.85. The van der Waals surface area contributed by atoms with Gasteiger partial charge in [-0.05, 0) is 44.9 Å². The Hall–Kier alpha value is -3.51. The van der Waals surface area contributed by atoms with E-state index in [2.05, 4.69) is 20.3 Å². The van der Waals surface area contributed by atoms with E-state index in [1.807, 2.05) is 0 Å². The van der Waals surface area contributed by atoms with Crippen LogP contribution in [0.25, 0.3) is 0 Å². The Morgan fingerprint density at radius 1 is 1.34 bits per heavy atom. The third kappa shape index (κ3) is 4.62. The number of aryl methyl sites for hydroxylation is 1. The van der Waals surface area contributed by atoms with Gasteiger partial charge in [0.15, 0.2) is 22.9 Å². The molecule has 9 nitrogen and oxygen atoms in total. The van der Waals surface area contributed by atoms with Crippen molar-refractivity contribution in [3.05, 3.63) is 71.2 Å². The number of nitrogens with two attached hydrogens (primary N) is 1. The average Bonchev–Trinajstić information content (AvgIpc) is 3.31. The van der Waals surface area contributed by atoms with E-state index in [0.29, 0.717) is 30.2 Å². The first-order valence-electron chi connectivity index (χ1n) is 11.9. The lowest BCUT2D eigenvalue weighted by Crippen LogP contribution is -2.38. The molecule has 0 unspecified atom stereocenters. The Morgan fingerprint density at radius 3 is 2.82 bits per heavy atom. The van der Waals surface area contributed by atoms with Gasteiger partial charge in [0.1, 0.15) is 17.7 Å². The number of benzene rings is 1. The van der Waals surface area contributed by atoms with Crippen LogP contribution in [0.5, 0.6) is 5.75 Å². The van der Waals surface area contributed by atoms with Gasteiger partial charge >= 0.3 is 0 Å². The van der Waals surface area contributed by atoms with Crippen LogP contribution in [-0.4, -0.2) is 39.5 Å². The number of carbonyl (C=O) groups excluding carboxylic acids is 1. The van der Waals surface area contributed by atoms with Crippen LogP contribution >= 0.6 is 11.8 Å². The fourth-order valence-electron chi connectivity index (χ4n) is 5.09. The highest BCUT2D eigenvalue weighted by Gasteiger charge is 2.66. The molecule has 3 aromatic rings. The number of amides is 1. The Kier molecular flexibility index (Phi) is 6.64. The quantitative estimate of drug-likeness (QED) is 0.418. The van der Waals surface area contributed by atoms with Crippen molar-refractivity contribution in [3.63, 3.8) is 0 Å². The number of rotatable bonds is 8. The first-order chi connectivity index (χ1) is 18.1. The highest BCUT2D eigenvalue weighted by Crippen LogP contribution is 2.66. The van der Waals surface area contributed by atoms with Crippen LogP contribution in [0.4, 0.5) is 14.5 Å². The van der Waals surface area contributed by atoms with E-state index in [0.717, 1.165) is 6.07 Å².